The molecule has 102 valence electrons. The van der Waals surface area contributed by atoms with E-state index < -0.39 is 0 Å². The number of hydrogen-bond acceptors (Lipinski definition) is 5. The minimum absolute atomic E-state index is 0.102. The van der Waals surface area contributed by atoms with Crippen molar-refractivity contribution in [2.45, 2.75) is 19.9 Å². The molecule has 0 spiro atoms. The Morgan fingerprint density at radius 2 is 2.28 bits per heavy atom. The lowest BCUT2D eigenvalue weighted by Crippen LogP contribution is -2.26. The molecule has 0 amide bonds. The van der Waals surface area contributed by atoms with Gasteiger partial charge in [-0.2, -0.15) is 5.10 Å². The Morgan fingerprint density at radius 1 is 1.50 bits per heavy atom. The first kappa shape index (κ1) is 15.1. The highest BCUT2D eigenvalue weighted by atomic mass is 79.9. The minimum atomic E-state index is -0.235. The van der Waals surface area contributed by atoms with Gasteiger partial charge in [0.15, 0.2) is 0 Å². The Kier molecular flexibility index (Phi) is 6.92. The number of nitrogens with zero attached hydrogens (tertiary/aromatic N) is 2. The first-order valence-electron chi connectivity index (χ1n) is 6.01. The van der Waals surface area contributed by atoms with Gasteiger partial charge >= 0.3 is 0 Å². The van der Waals surface area contributed by atoms with E-state index in [4.69, 9.17) is 5.11 Å². The predicted octanol–water partition coefficient (Wildman–Crippen LogP) is 0.410. The van der Waals surface area contributed by atoms with Crippen molar-refractivity contribution in [2.24, 2.45) is 0 Å². The fourth-order valence-electron chi connectivity index (χ4n) is 1.46. The fourth-order valence-corrected chi connectivity index (χ4v) is 1.90. The van der Waals surface area contributed by atoms with E-state index in [-0.39, 0.29) is 18.7 Å². The van der Waals surface area contributed by atoms with Crippen molar-refractivity contribution in [3.63, 3.8) is 0 Å². The van der Waals surface area contributed by atoms with Gasteiger partial charge in [0.1, 0.15) is 4.47 Å². The second kappa shape index (κ2) is 8.23. The van der Waals surface area contributed by atoms with Crippen LogP contribution >= 0.6 is 15.9 Å². The van der Waals surface area contributed by atoms with Gasteiger partial charge in [0.2, 0.25) is 0 Å². The molecule has 0 atom stereocenters. The Labute approximate surface area is 115 Å². The number of aliphatic hydroxyl groups excluding tert-OH is 1. The van der Waals surface area contributed by atoms with E-state index in [0.717, 1.165) is 26.1 Å². The Bertz CT molecular complexity index is 422. The summed E-state index contributed by atoms with van der Waals surface area (Å²) in [4.78, 5) is 11.8. The van der Waals surface area contributed by atoms with E-state index in [2.05, 4.69) is 38.6 Å². The topological polar surface area (TPSA) is 79.2 Å². The third-order valence-electron chi connectivity index (χ3n) is 2.39. The van der Waals surface area contributed by atoms with Crippen LogP contribution in [0.1, 0.15) is 13.3 Å². The molecule has 1 heterocycles. The molecular formula is C11H19BrN4O2. The summed E-state index contributed by atoms with van der Waals surface area (Å²) < 4.78 is 1.68. The zero-order valence-electron chi connectivity index (χ0n) is 10.4. The van der Waals surface area contributed by atoms with Gasteiger partial charge in [-0.05, 0) is 35.4 Å². The molecular weight excluding hydrogens is 300 g/mol. The Balaban J connectivity index is 2.57. The summed E-state index contributed by atoms with van der Waals surface area (Å²) in [6.07, 6.45) is 2.56. The molecule has 0 aromatic carbocycles. The number of halogens is 1. The van der Waals surface area contributed by atoms with Crippen LogP contribution in [0.15, 0.2) is 15.5 Å². The molecule has 0 aliphatic rings. The van der Waals surface area contributed by atoms with Gasteiger partial charge < -0.3 is 15.7 Å². The predicted molar refractivity (Wildman–Crippen MR) is 74.9 cm³/mol. The van der Waals surface area contributed by atoms with Gasteiger partial charge in [0.25, 0.3) is 5.56 Å². The van der Waals surface area contributed by atoms with Crippen molar-refractivity contribution in [2.75, 3.05) is 31.6 Å². The van der Waals surface area contributed by atoms with Crippen molar-refractivity contribution in [3.8, 4) is 0 Å². The van der Waals surface area contributed by atoms with E-state index in [9.17, 15) is 4.79 Å². The van der Waals surface area contributed by atoms with Gasteiger partial charge in [-0.3, -0.25) is 4.79 Å². The van der Waals surface area contributed by atoms with E-state index in [1.807, 2.05) is 0 Å². The maximum absolute atomic E-state index is 11.8. The summed E-state index contributed by atoms with van der Waals surface area (Å²) in [5.74, 6) is 0. The standard InChI is InChI=1S/C11H19BrN4O2/c1-2-13-4-3-5-14-9-8-15-16(6-7-17)11(18)10(9)12/h8,13-14,17H,2-7H2,1H3. The molecule has 0 aliphatic carbocycles. The number of aromatic nitrogens is 2. The van der Waals surface area contributed by atoms with Crippen molar-refractivity contribution >= 4 is 21.6 Å². The number of aliphatic hydroxyl groups is 1. The summed E-state index contributed by atoms with van der Waals surface area (Å²) >= 11 is 3.25. The lowest BCUT2D eigenvalue weighted by Gasteiger charge is -2.09. The van der Waals surface area contributed by atoms with Crippen LogP contribution in [-0.2, 0) is 6.54 Å². The number of nitrogens with one attached hydrogen (secondary N) is 2. The maximum atomic E-state index is 11.8. The van der Waals surface area contributed by atoms with E-state index >= 15 is 0 Å². The van der Waals surface area contributed by atoms with Gasteiger partial charge in [-0.25, -0.2) is 4.68 Å². The zero-order chi connectivity index (χ0) is 13.4. The summed E-state index contributed by atoms with van der Waals surface area (Å²) in [7, 11) is 0. The molecule has 3 N–H and O–H groups in total. The number of hydrogen-bond donors (Lipinski definition) is 3. The van der Waals surface area contributed by atoms with E-state index in [1.54, 1.807) is 6.20 Å². The third-order valence-corrected chi connectivity index (χ3v) is 3.16. The normalized spacial score (nSPS) is 10.6. The summed E-state index contributed by atoms with van der Waals surface area (Å²) in [6, 6.07) is 0. The first-order chi connectivity index (χ1) is 8.70. The lowest BCUT2D eigenvalue weighted by atomic mass is 10.4. The summed E-state index contributed by atoms with van der Waals surface area (Å²) in [5.41, 5.74) is 0.450. The van der Waals surface area contributed by atoms with Crippen LogP contribution in [-0.4, -0.2) is 41.1 Å². The molecule has 0 radical (unpaired) electrons. The molecule has 1 aromatic heterocycles. The summed E-state index contributed by atoms with van der Waals surface area (Å²) in [5, 5.41) is 19.2. The highest BCUT2D eigenvalue weighted by Crippen LogP contribution is 2.15. The average Bonchev–Trinajstić information content (AvgIpc) is 2.37. The number of rotatable bonds is 8. The molecule has 0 aliphatic heterocycles. The highest BCUT2D eigenvalue weighted by Gasteiger charge is 2.07. The molecule has 7 heteroatoms. The molecule has 0 saturated heterocycles. The van der Waals surface area contributed by atoms with Gasteiger partial charge in [-0.15, -0.1) is 0 Å². The molecule has 1 aromatic rings. The van der Waals surface area contributed by atoms with Gasteiger partial charge in [0, 0.05) is 6.54 Å². The van der Waals surface area contributed by atoms with Crippen LogP contribution in [0.5, 0.6) is 0 Å². The number of anilines is 1. The zero-order valence-corrected chi connectivity index (χ0v) is 12.0. The van der Waals surface area contributed by atoms with Crippen molar-refractivity contribution in [1.29, 1.82) is 0 Å². The monoisotopic (exact) mass is 318 g/mol. The first-order valence-corrected chi connectivity index (χ1v) is 6.81. The second-order valence-electron chi connectivity index (χ2n) is 3.76. The van der Waals surface area contributed by atoms with Crippen LogP contribution in [0.4, 0.5) is 5.69 Å². The van der Waals surface area contributed by atoms with Crippen molar-refractivity contribution in [1.82, 2.24) is 15.1 Å². The molecule has 0 saturated carbocycles. The van der Waals surface area contributed by atoms with E-state index in [0.29, 0.717) is 10.2 Å². The van der Waals surface area contributed by atoms with Crippen LogP contribution in [0.3, 0.4) is 0 Å². The molecule has 6 nitrogen and oxygen atoms in total. The quantitative estimate of drug-likeness (QED) is 0.605. The minimum Gasteiger partial charge on any atom is -0.394 e. The van der Waals surface area contributed by atoms with Gasteiger partial charge in [0.05, 0.1) is 25.0 Å². The van der Waals surface area contributed by atoms with Crippen LogP contribution < -0.4 is 16.2 Å². The van der Waals surface area contributed by atoms with Crippen molar-refractivity contribution in [3.05, 3.63) is 21.0 Å². The van der Waals surface area contributed by atoms with Gasteiger partial charge in [-0.1, -0.05) is 6.92 Å². The van der Waals surface area contributed by atoms with Crippen LogP contribution in [0.25, 0.3) is 0 Å². The molecule has 1 rings (SSSR count). The highest BCUT2D eigenvalue weighted by molar-refractivity contribution is 9.10. The molecule has 0 bridgehead atoms. The van der Waals surface area contributed by atoms with Crippen LogP contribution in [0, 0.1) is 0 Å². The van der Waals surface area contributed by atoms with Crippen molar-refractivity contribution < 1.29 is 5.11 Å². The average molecular weight is 319 g/mol. The third kappa shape index (κ3) is 4.40. The van der Waals surface area contributed by atoms with E-state index in [1.165, 1.54) is 4.68 Å². The summed E-state index contributed by atoms with van der Waals surface area (Å²) in [6.45, 7) is 4.84. The Morgan fingerprint density at radius 3 is 2.94 bits per heavy atom. The maximum Gasteiger partial charge on any atom is 0.283 e. The molecule has 0 fully saturated rings. The smallest absolute Gasteiger partial charge is 0.283 e. The fraction of sp³-hybridized carbons (Fsp3) is 0.636. The second-order valence-corrected chi connectivity index (χ2v) is 4.55. The SMILES string of the molecule is CCNCCCNc1cnn(CCO)c(=O)c1Br. The molecule has 18 heavy (non-hydrogen) atoms. The largest absolute Gasteiger partial charge is 0.394 e. The Hall–Kier alpha value is -0.920. The lowest BCUT2D eigenvalue weighted by molar-refractivity contribution is 0.266. The molecule has 0 unspecified atom stereocenters. The van der Waals surface area contributed by atoms with Crippen LogP contribution in [0.2, 0.25) is 0 Å².